The maximum atomic E-state index is 11.7. The number of nitrogens with two attached hydrogens (primary N) is 1. The van der Waals surface area contributed by atoms with Crippen LogP contribution in [-0.4, -0.2) is 37.4 Å². The molecule has 0 aliphatic carbocycles. The molecular weight excluding hydrogens is 420 g/mol. The van der Waals surface area contributed by atoms with E-state index in [0.717, 1.165) is 73.9 Å². The molecule has 2 bridgehead atoms. The lowest BCUT2D eigenvalue weighted by Gasteiger charge is -2.17. The van der Waals surface area contributed by atoms with Crippen molar-refractivity contribution in [2.45, 2.75) is 77.0 Å². The summed E-state index contributed by atoms with van der Waals surface area (Å²) in [6, 6.07) is 6.98. The SMILES string of the molecule is COC(=O)Nc1ccc2c(c1)CCCCCC[C@H](N)c1nc-2cn1COCC[Si](C)(C)C. The van der Waals surface area contributed by atoms with Gasteiger partial charge in [-0.05, 0) is 43.0 Å². The van der Waals surface area contributed by atoms with E-state index in [4.69, 9.17) is 20.2 Å². The van der Waals surface area contributed by atoms with Crippen molar-refractivity contribution in [3.63, 3.8) is 0 Å². The Labute approximate surface area is 192 Å². The fraction of sp³-hybridized carbons (Fsp3) is 0.583. The molecule has 0 radical (unpaired) electrons. The van der Waals surface area contributed by atoms with Gasteiger partial charge in [0.15, 0.2) is 0 Å². The normalized spacial score (nSPS) is 17.1. The van der Waals surface area contributed by atoms with Crippen LogP contribution in [0.4, 0.5) is 10.5 Å². The van der Waals surface area contributed by atoms with E-state index in [1.54, 1.807) is 0 Å². The summed E-state index contributed by atoms with van der Waals surface area (Å²) in [6.45, 7) is 8.30. The number of carbonyl (C=O) groups is 1. The summed E-state index contributed by atoms with van der Waals surface area (Å²) in [5, 5.41) is 2.77. The Morgan fingerprint density at radius 2 is 2.03 bits per heavy atom. The molecule has 32 heavy (non-hydrogen) atoms. The number of anilines is 1. The fourth-order valence-electron chi connectivity index (χ4n) is 3.96. The number of nitrogens with zero attached hydrogens (tertiary/aromatic N) is 2. The molecule has 1 aromatic carbocycles. The van der Waals surface area contributed by atoms with Crippen LogP contribution in [0, 0.1) is 0 Å². The number of amides is 1. The van der Waals surface area contributed by atoms with Gasteiger partial charge in [-0.15, -0.1) is 0 Å². The van der Waals surface area contributed by atoms with Crippen LogP contribution in [-0.2, 0) is 22.6 Å². The van der Waals surface area contributed by atoms with Crippen molar-refractivity contribution in [1.29, 1.82) is 0 Å². The monoisotopic (exact) mass is 458 g/mol. The number of ether oxygens (including phenoxy) is 2. The van der Waals surface area contributed by atoms with Crippen molar-refractivity contribution < 1.29 is 14.3 Å². The smallest absolute Gasteiger partial charge is 0.411 e. The van der Waals surface area contributed by atoms with E-state index in [0.29, 0.717) is 6.73 Å². The van der Waals surface area contributed by atoms with Crippen LogP contribution in [0.2, 0.25) is 25.7 Å². The van der Waals surface area contributed by atoms with Gasteiger partial charge in [0, 0.05) is 32.1 Å². The number of nitrogens with one attached hydrogen (secondary N) is 1. The van der Waals surface area contributed by atoms with E-state index >= 15 is 0 Å². The Morgan fingerprint density at radius 1 is 1.25 bits per heavy atom. The van der Waals surface area contributed by atoms with E-state index in [-0.39, 0.29) is 6.04 Å². The van der Waals surface area contributed by atoms with Gasteiger partial charge in [0.05, 0.1) is 18.8 Å². The van der Waals surface area contributed by atoms with Crippen LogP contribution in [0.1, 0.15) is 49.5 Å². The van der Waals surface area contributed by atoms with Crippen molar-refractivity contribution >= 4 is 19.9 Å². The van der Waals surface area contributed by atoms with Gasteiger partial charge in [-0.25, -0.2) is 9.78 Å². The average molecular weight is 459 g/mol. The van der Waals surface area contributed by atoms with Crippen LogP contribution in [0.5, 0.6) is 0 Å². The molecule has 1 aromatic heterocycles. The molecule has 2 aromatic rings. The summed E-state index contributed by atoms with van der Waals surface area (Å²) < 4.78 is 12.8. The molecule has 2 heterocycles. The Balaban J connectivity index is 1.89. The molecule has 1 amide bonds. The minimum atomic E-state index is -1.13. The van der Waals surface area contributed by atoms with Gasteiger partial charge in [-0.3, -0.25) is 5.32 Å². The number of rotatable bonds is 6. The molecule has 0 saturated carbocycles. The van der Waals surface area contributed by atoms with Gasteiger partial charge in [-0.2, -0.15) is 0 Å². The highest BCUT2D eigenvalue weighted by Crippen LogP contribution is 2.30. The molecule has 0 unspecified atom stereocenters. The van der Waals surface area contributed by atoms with E-state index in [9.17, 15) is 4.79 Å². The molecule has 8 heteroatoms. The van der Waals surface area contributed by atoms with E-state index in [1.165, 1.54) is 12.7 Å². The first-order valence-corrected chi connectivity index (χ1v) is 15.4. The van der Waals surface area contributed by atoms with Crippen LogP contribution < -0.4 is 11.1 Å². The Kier molecular flexibility index (Phi) is 8.50. The first-order chi connectivity index (χ1) is 15.3. The topological polar surface area (TPSA) is 91.4 Å². The maximum Gasteiger partial charge on any atom is 0.411 e. The van der Waals surface area contributed by atoms with E-state index < -0.39 is 14.2 Å². The van der Waals surface area contributed by atoms with Gasteiger partial charge in [0.1, 0.15) is 12.6 Å². The number of benzene rings is 1. The lowest BCUT2D eigenvalue weighted by Crippen LogP contribution is -2.22. The summed E-state index contributed by atoms with van der Waals surface area (Å²) >= 11 is 0. The van der Waals surface area contributed by atoms with Crippen molar-refractivity contribution in [2.75, 3.05) is 19.0 Å². The van der Waals surface area contributed by atoms with Crippen molar-refractivity contribution in [3.05, 3.63) is 35.8 Å². The number of aromatic nitrogens is 2. The summed E-state index contributed by atoms with van der Waals surface area (Å²) in [5.74, 6) is 0.885. The van der Waals surface area contributed by atoms with Gasteiger partial charge < -0.3 is 19.8 Å². The van der Waals surface area contributed by atoms with Gasteiger partial charge in [0.25, 0.3) is 0 Å². The molecule has 0 fully saturated rings. The van der Waals surface area contributed by atoms with Crippen LogP contribution in [0.3, 0.4) is 0 Å². The van der Waals surface area contributed by atoms with Crippen molar-refractivity contribution in [1.82, 2.24) is 9.55 Å². The number of methoxy groups -OCH3 is 1. The highest BCUT2D eigenvalue weighted by molar-refractivity contribution is 6.76. The van der Waals surface area contributed by atoms with E-state index in [2.05, 4.69) is 35.7 Å². The minimum absolute atomic E-state index is 0.104. The number of hydrogen-bond donors (Lipinski definition) is 2. The second-order valence-corrected chi connectivity index (χ2v) is 15.5. The predicted molar refractivity (Wildman–Crippen MR) is 132 cm³/mol. The zero-order valence-corrected chi connectivity index (χ0v) is 20.9. The molecule has 7 nitrogen and oxygen atoms in total. The standard InChI is InChI=1S/C24H38N4O3Si/c1-30-24(29)26-19-11-12-20-18(15-19)9-7-5-6-8-10-21(25)23-27-22(20)16-28(23)17-31-13-14-32(2,3)4/h11-12,15-16,21H,5-10,13-14,17,25H2,1-4H3,(H,26,29)/t21-/m0/s1. The number of aryl methyl sites for hydroxylation is 1. The molecule has 1 atom stereocenters. The van der Waals surface area contributed by atoms with Crippen molar-refractivity contribution in [2.24, 2.45) is 5.73 Å². The molecule has 3 N–H and O–H groups in total. The highest BCUT2D eigenvalue weighted by atomic mass is 28.3. The Morgan fingerprint density at radius 3 is 2.78 bits per heavy atom. The summed E-state index contributed by atoms with van der Waals surface area (Å²) in [7, 11) is 0.233. The first kappa shape index (κ1) is 24.5. The predicted octanol–water partition coefficient (Wildman–Crippen LogP) is 5.55. The first-order valence-electron chi connectivity index (χ1n) is 11.7. The molecule has 0 saturated heterocycles. The Hall–Kier alpha value is -2.16. The van der Waals surface area contributed by atoms with Gasteiger partial charge in [0.2, 0.25) is 0 Å². The van der Waals surface area contributed by atoms with Crippen LogP contribution in [0.15, 0.2) is 24.4 Å². The molecule has 3 rings (SSSR count). The number of imidazole rings is 1. The summed E-state index contributed by atoms with van der Waals surface area (Å²) in [6.07, 6.45) is 7.97. The minimum Gasteiger partial charge on any atom is -0.453 e. The second-order valence-electron chi connectivity index (χ2n) is 9.85. The molecule has 1 aliphatic rings. The third kappa shape index (κ3) is 6.92. The maximum absolute atomic E-state index is 11.7. The molecular formula is C24H38N4O3Si. The number of hydrogen-bond acceptors (Lipinski definition) is 5. The lowest BCUT2D eigenvalue weighted by molar-refractivity contribution is 0.0842. The molecule has 0 spiro atoms. The third-order valence-corrected chi connectivity index (χ3v) is 7.59. The Bertz CT molecular complexity index is 907. The quantitative estimate of drug-likeness (QED) is 0.437. The average Bonchev–Trinajstić information content (AvgIpc) is 3.16. The van der Waals surface area contributed by atoms with E-state index in [1.807, 2.05) is 18.2 Å². The highest BCUT2D eigenvalue weighted by Gasteiger charge is 2.20. The fourth-order valence-corrected chi connectivity index (χ4v) is 4.72. The zero-order valence-electron chi connectivity index (χ0n) is 19.9. The van der Waals surface area contributed by atoms with Gasteiger partial charge >= 0.3 is 6.09 Å². The van der Waals surface area contributed by atoms with Crippen LogP contribution in [0.25, 0.3) is 11.3 Å². The largest absolute Gasteiger partial charge is 0.453 e. The van der Waals surface area contributed by atoms with Crippen molar-refractivity contribution in [3.8, 4) is 11.3 Å². The summed E-state index contributed by atoms with van der Waals surface area (Å²) in [5.41, 5.74) is 10.4. The van der Waals surface area contributed by atoms with Crippen LogP contribution >= 0.6 is 0 Å². The zero-order chi connectivity index (χ0) is 23.1. The molecule has 176 valence electrons. The molecule has 1 aliphatic heterocycles. The number of fused-ring (bicyclic) bond motifs is 4. The lowest BCUT2D eigenvalue weighted by atomic mass is 9.97. The third-order valence-electron chi connectivity index (χ3n) is 5.89. The number of carbonyl (C=O) groups excluding carboxylic acids is 1. The summed E-state index contributed by atoms with van der Waals surface area (Å²) in [4.78, 5) is 16.6. The van der Waals surface area contributed by atoms with Gasteiger partial charge in [-0.1, -0.05) is 45.0 Å². The second kappa shape index (κ2) is 11.1.